The Morgan fingerprint density at radius 3 is 2.61 bits per heavy atom. The molecule has 3 rings (SSSR count). The van der Waals surface area contributed by atoms with Gasteiger partial charge in [-0.2, -0.15) is 0 Å². The van der Waals surface area contributed by atoms with Crippen LogP contribution in [-0.2, 0) is 9.53 Å². The monoisotopic (exact) mass is 382 g/mol. The molecule has 6 heteroatoms. The summed E-state index contributed by atoms with van der Waals surface area (Å²) in [5, 5.41) is 0.370. The summed E-state index contributed by atoms with van der Waals surface area (Å²) in [7, 11) is 0. The highest BCUT2D eigenvalue weighted by atomic mass is 16.6. The van der Waals surface area contributed by atoms with Gasteiger partial charge in [0, 0.05) is 6.07 Å². The number of carbonyl (C=O) groups is 1. The number of carbonyl (C=O) groups excluding carboxylic acids is 1. The van der Waals surface area contributed by atoms with E-state index in [0.29, 0.717) is 34.8 Å². The van der Waals surface area contributed by atoms with Crippen molar-refractivity contribution in [3.05, 3.63) is 64.5 Å². The molecule has 28 heavy (non-hydrogen) atoms. The van der Waals surface area contributed by atoms with Crippen LogP contribution in [0.15, 0.2) is 57.7 Å². The lowest BCUT2D eigenvalue weighted by Gasteiger charge is -2.10. The number of para-hydroxylation sites is 1. The van der Waals surface area contributed by atoms with Gasteiger partial charge in [-0.05, 0) is 37.6 Å². The van der Waals surface area contributed by atoms with Crippen LogP contribution in [0.1, 0.15) is 25.5 Å². The maximum absolute atomic E-state index is 12.8. The van der Waals surface area contributed by atoms with Gasteiger partial charge >= 0.3 is 5.97 Å². The minimum atomic E-state index is -0.433. The van der Waals surface area contributed by atoms with Crippen molar-refractivity contribution in [2.45, 2.75) is 26.7 Å². The number of hydrogen-bond donors (Lipinski definition) is 0. The number of ether oxygens (including phenoxy) is 3. The molecule has 0 unspecified atom stereocenters. The molecule has 0 fully saturated rings. The van der Waals surface area contributed by atoms with Crippen molar-refractivity contribution in [1.82, 2.24) is 0 Å². The van der Waals surface area contributed by atoms with Gasteiger partial charge in [-0.15, -0.1) is 0 Å². The largest absolute Gasteiger partial charge is 0.482 e. The first kappa shape index (κ1) is 19.5. The molecule has 0 atom stereocenters. The minimum Gasteiger partial charge on any atom is -0.482 e. The average molecular weight is 382 g/mol. The molecule has 0 saturated heterocycles. The van der Waals surface area contributed by atoms with E-state index in [9.17, 15) is 9.59 Å². The summed E-state index contributed by atoms with van der Waals surface area (Å²) in [6.45, 7) is 3.87. The third kappa shape index (κ3) is 4.71. The summed E-state index contributed by atoms with van der Waals surface area (Å²) in [6.07, 6.45) is 1.77. The van der Waals surface area contributed by atoms with Gasteiger partial charge in [-0.3, -0.25) is 4.79 Å². The molecular weight excluding hydrogens is 360 g/mol. The summed E-state index contributed by atoms with van der Waals surface area (Å²) in [4.78, 5) is 24.4. The highest BCUT2D eigenvalue weighted by Gasteiger charge is 2.15. The molecule has 0 aliphatic rings. The number of esters is 1. The van der Waals surface area contributed by atoms with E-state index in [1.54, 1.807) is 37.3 Å². The smallest absolute Gasteiger partial charge is 0.344 e. The molecule has 146 valence electrons. The van der Waals surface area contributed by atoms with Crippen LogP contribution in [-0.4, -0.2) is 19.2 Å². The summed E-state index contributed by atoms with van der Waals surface area (Å²) < 4.78 is 21.9. The standard InChI is InChI=1S/C22H22O6/c1-3-4-12-25-20(23)14-26-17-10-11-18-19(13-17)27-15(2)22(21(18)24)28-16-8-6-5-7-9-16/h5-11,13H,3-4,12,14H2,1-2H3. The molecule has 0 N–H and O–H groups in total. The first-order valence-electron chi connectivity index (χ1n) is 9.17. The van der Waals surface area contributed by atoms with Gasteiger partial charge < -0.3 is 18.6 Å². The van der Waals surface area contributed by atoms with E-state index >= 15 is 0 Å². The number of hydrogen-bond acceptors (Lipinski definition) is 6. The Kier molecular flexibility index (Phi) is 6.32. The Morgan fingerprint density at radius 1 is 1.07 bits per heavy atom. The van der Waals surface area contributed by atoms with E-state index in [0.717, 1.165) is 12.8 Å². The third-order valence-corrected chi connectivity index (χ3v) is 4.07. The predicted octanol–water partition coefficient (Wildman–Crippen LogP) is 4.62. The highest BCUT2D eigenvalue weighted by molar-refractivity contribution is 5.80. The van der Waals surface area contributed by atoms with Crippen LogP contribution in [0.5, 0.6) is 17.2 Å². The topological polar surface area (TPSA) is 75.0 Å². The van der Waals surface area contributed by atoms with Gasteiger partial charge in [0.2, 0.25) is 11.2 Å². The second-order valence-electron chi connectivity index (χ2n) is 6.25. The van der Waals surface area contributed by atoms with Crippen molar-refractivity contribution in [2.24, 2.45) is 0 Å². The Hall–Kier alpha value is -3.28. The predicted molar refractivity (Wildman–Crippen MR) is 105 cm³/mol. The van der Waals surface area contributed by atoms with Crippen molar-refractivity contribution in [1.29, 1.82) is 0 Å². The molecule has 1 heterocycles. The summed E-state index contributed by atoms with van der Waals surface area (Å²) >= 11 is 0. The molecule has 0 amide bonds. The summed E-state index contributed by atoms with van der Waals surface area (Å²) in [5.41, 5.74) is 0.0906. The van der Waals surface area contributed by atoms with Crippen LogP contribution >= 0.6 is 0 Å². The van der Waals surface area contributed by atoms with Gasteiger partial charge in [-0.1, -0.05) is 31.5 Å². The van der Waals surface area contributed by atoms with Gasteiger partial charge in [0.25, 0.3) is 0 Å². The maximum atomic E-state index is 12.8. The lowest BCUT2D eigenvalue weighted by molar-refractivity contribution is -0.146. The minimum absolute atomic E-state index is 0.145. The van der Waals surface area contributed by atoms with E-state index in [1.807, 2.05) is 25.1 Å². The quantitative estimate of drug-likeness (QED) is 0.418. The van der Waals surface area contributed by atoms with Crippen molar-refractivity contribution in [2.75, 3.05) is 13.2 Å². The first-order valence-corrected chi connectivity index (χ1v) is 9.17. The molecule has 0 aliphatic carbocycles. The third-order valence-electron chi connectivity index (χ3n) is 4.07. The molecule has 6 nitrogen and oxygen atoms in total. The number of rotatable bonds is 8. The molecular formula is C22H22O6. The molecule has 1 aromatic heterocycles. The fourth-order valence-electron chi connectivity index (χ4n) is 2.60. The van der Waals surface area contributed by atoms with E-state index in [1.165, 1.54) is 0 Å². The Balaban J connectivity index is 1.77. The first-order chi connectivity index (χ1) is 13.6. The molecule has 0 bridgehead atoms. The summed E-state index contributed by atoms with van der Waals surface area (Å²) in [6, 6.07) is 13.8. The van der Waals surface area contributed by atoms with Crippen LogP contribution in [0.2, 0.25) is 0 Å². The average Bonchev–Trinajstić information content (AvgIpc) is 2.70. The molecule has 3 aromatic rings. The highest BCUT2D eigenvalue weighted by Crippen LogP contribution is 2.27. The fraction of sp³-hybridized carbons (Fsp3) is 0.273. The lowest BCUT2D eigenvalue weighted by Crippen LogP contribution is -2.15. The van der Waals surface area contributed by atoms with Crippen LogP contribution in [0, 0.1) is 6.92 Å². The van der Waals surface area contributed by atoms with Crippen LogP contribution < -0.4 is 14.9 Å². The van der Waals surface area contributed by atoms with Crippen molar-refractivity contribution in [3.8, 4) is 17.2 Å². The van der Waals surface area contributed by atoms with Crippen LogP contribution in [0.3, 0.4) is 0 Å². The number of benzene rings is 2. The molecule has 2 aromatic carbocycles. The Bertz CT molecular complexity index is 1010. The second kappa shape index (κ2) is 9.08. The second-order valence-corrected chi connectivity index (χ2v) is 6.25. The van der Waals surface area contributed by atoms with E-state index in [2.05, 4.69) is 0 Å². The zero-order valence-electron chi connectivity index (χ0n) is 15.9. The Morgan fingerprint density at radius 2 is 1.86 bits per heavy atom. The van der Waals surface area contributed by atoms with E-state index < -0.39 is 5.97 Å². The van der Waals surface area contributed by atoms with E-state index in [4.69, 9.17) is 18.6 Å². The zero-order chi connectivity index (χ0) is 19.9. The Labute approximate surface area is 162 Å². The van der Waals surface area contributed by atoms with Crippen molar-refractivity contribution in [3.63, 3.8) is 0 Å². The normalized spacial score (nSPS) is 10.6. The van der Waals surface area contributed by atoms with Gasteiger partial charge in [0.05, 0.1) is 12.0 Å². The lowest BCUT2D eigenvalue weighted by atomic mass is 10.2. The van der Waals surface area contributed by atoms with Crippen molar-refractivity contribution >= 4 is 16.9 Å². The maximum Gasteiger partial charge on any atom is 0.344 e. The zero-order valence-corrected chi connectivity index (χ0v) is 15.9. The molecule has 0 saturated carbocycles. The van der Waals surface area contributed by atoms with Crippen LogP contribution in [0.25, 0.3) is 11.0 Å². The number of aryl methyl sites for hydroxylation is 1. The molecule has 0 aliphatic heterocycles. The SMILES string of the molecule is CCCCOC(=O)COc1ccc2c(=O)c(Oc3ccccc3)c(C)oc2c1. The van der Waals surface area contributed by atoms with Gasteiger partial charge in [0.15, 0.2) is 6.61 Å². The van der Waals surface area contributed by atoms with Crippen LogP contribution in [0.4, 0.5) is 0 Å². The van der Waals surface area contributed by atoms with Gasteiger partial charge in [-0.25, -0.2) is 4.79 Å². The van der Waals surface area contributed by atoms with E-state index in [-0.39, 0.29) is 17.8 Å². The summed E-state index contributed by atoms with van der Waals surface area (Å²) in [5.74, 6) is 1.04. The molecule has 0 radical (unpaired) electrons. The fourth-order valence-corrected chi connectivity index (χ4v) is 2.60. The number of unbranched alkanes of at least 4 members (excludes halogenated alkanes) is 1. The molecule has 0 spiro atoms. The number of fused-ring (bicyclic) bond motifs is 1. The van der Waals surface area contributed by atoms with Crippen molar-refractivity contribution < 1.29 is 23.4 Å². The van der Waals surface area contributed by atoms with Gasteiger partial charge in [0.1, 0.15) is 22.8 Å².